The fourth-order valence-electron chi connectivity index (χ4n) is 5.91. The smallest absolute Gasteiger partial charge is 0.258 e. The first-order valence-corrected chi connectivity index (χ1v) is 12.4. The van der Waals surface area contributed by atoms with Crippen LogP contribution in [-0.2, 0) is 13.1 Å². The van der Waals surface area contributed by atoms with E-state index in [2.05, 4.69) is 15.0 Å². The molecule has 0 radical (unpaired) electrons. The van der Waals surface area contributed by atoms with Crippen molar-refractivity contribution in [2.45, 2.75) is 70.0 Å². The molecule has 3 aliphatic heterocycles. The molecule has 0 spiro atoms. The number of piperidine rings is 1. The Hall–Kier alpha value is -2.75. The maximum atomic E-state index is 14.2. The molecule has 2 fully saturated rings. The molecule has 2 bridgehead atoms. The van der Waals surface area contributed by atoms with Gasteiger partial charge in [0.2, 0.25) is 0 Å². The number of halogens is 2. The number of nitrogens with zero attached hydrogens (tertiary/aromatic N) is 5. The topological polar surface area (TPSA) is 83.2 Å². The average Bonchev–Trinajstić information content (AvgIpc) is 3.42. The number of fused-ring (bicyclic) bond motifs is 5. The molecular formula is C25H27ClFN5O3. The van der Waals surface area contributed by atoms with E-state index >= 15 is 0 Å². The lowest BCUT2D eigenvalue weighted by atomic mass is 9.99. The molecule has 3 atom stereocenters. The van der Waals surface area contributed by atoms with E-state index in [4.69, 9.17) is 16.3 Å². The zero-order valence-electron chi connectivity index (χ0n) is 19.4. The van der Waals surface area contributed by atoms with Crippen molar-refractivity contribution < 1.29 is 19.0 Å². The molecule has 1 amide bonds. The van der Waals surface area contributed by atoms with Gasteiger partial charge in [-0.05, 0) is 44.7 Å². The van der Waals surface area contributed by atoms with Gasteiger partial charge in [0.1, 0.15) is 17.7 Å². The number of carbonyl (C=O) groups excluding carboxylic acids is 1. The third-order valence-electron chi connectivity index (χ3n) is 7.38. The number of aromatic nitrogens is 3. The summed E-state index contributed by atoms with van der Waals surface area (Å²) >= 11 is 6.02. The number of hydrogen-bond acceptors (Lipinski definition) is 6. The predicted octanol–water partition coefficient (Wildman–Crippen LogP) is 3.43. The van der Waals surface area contributed by atoms with Gasteiger partial charge in [0, 0.05) is 36.5 Å². The number of aliphatic hydroxyl groups excluding tert-OH is 1. The average molecular weight is 500 g/mol. The van der Waals surface area contributed by atoms with Crippen LogP contribution < -0.4 is 4.74 Å². The number of hydrogen-bond donors (Lipinski definition) is 1. The molecule has 10 heteroatoms. The molecule has 0 aliphatic carbocycles. The van der Waals surface area contributed by atoms with E-state index in [0.717, 1.165) is 36.9 Å². The number of rotatable bonds is 5. The van der Waals surface area contributed by atoms with E-state index in [1.165, 1.54) is 18.2 Å². The van der Waals surface area contributed by atoms with E-state index in [-0.39, 0.29) is 23.9 Å². The number of carbonyl (C=O) groups is 1. The summed E-state index contributed by atoms with van der Waals surface area (Å²) in [4.78, 5) is 21.9. The first kappa shape index (κ1) is 22.7. The fraction of sp³-hybridized carbons (Fsp3) is 0.480. The van der Waals surface area contributed by atoms with Crippen LogP contribution in [0.15, 0.2) is 30.6 Å². The SMILES string of the molecule is CC(O)CN1C2CCC1CC(Oc1cc(F)ccc1C(=O)N1Cc3nn4cc(Cl)cnc4c3C1)C2. The Kier molecular flexibility index (Phi) is 5.66. The highest BCUT2D eigenvalue weighted by atomic mass is 35.5. The highest BCUT2D eigenvalue weighted by Gasteiger charge is 2.42. The number of amides is 1. The Morgan fingerprint density at radius 3 is 2.80 bits per heavy atom. The molecule has 1 N–H and O–H groups in total. The first-order valence-electron chi connectivity index (χ1n) is 12.1. The summed E-state index contributed by atoms with van der Waals surface area (Å²) in [5, 5.41) is 14.9. The van der Waals surface area contributed by atoms with Gasteiger partial charge in [-0.25, -0.2) is 13.9 Å². The summed E-state index contributed by atoms with van der Waals surface area (Å²) in [6, 6.07) is 4.80. The molecule has 184 valence electrons. The van der Waals surface area contributed by atoms with E-state index < -0.39 is 5.82 Å². The Labute approximate surface area is 207 Å². The van der Waals surface area contributed by atoms with Crippen LogP contribution in [0.3, 0.4) is 0 Å². The highest BCUT2D eigenvalue weighted by molar-refractivity contribution is 6.30. The monoisotopic (exact) mass is 499 g/mol. The van der Waals surface area contributed by atoms with Crippen LogP contribution in [0, 0.1) is 5.82 Å². The third kappa shape index (κ3) is 4.15. The summed E-state index contributed by atoms with van der Waals surface area (Å²) in [6.07, 6.45) is 6.53. The summed E-state index contributed by atoms with van der Waals surface area (Å²) in [5.74, 6) is -0.374. The van der Waals surface area contributed by atoms with E-state index in [0.29, 0.717) is 48.0 Å². The normalized spacial score (nSPS) is 24.7. The lowest BCUT2D eigenvalue weighted by molar-refractivity contribution is 0.0214. The van der Waals surface area contributed by atoms with Crippen LogP contribution in [0.4, 0.5) is 4.39 Å². The summed E-state index contributed by atoms with van der Waals surface area (Å²) in [7, 11) is 0. The van der Waals surface area contributed by atoms with Crippen molar-refractivity contribution in [2.75, 3.05) is 6.54 Å². The quantitative estimate of drug-likeness (QED) is 0.579. The molecule has 3 unspecified atom stereocenters. The molecule has 6 rings (SSSR count). The fourth-order valence-corrected chi connectivity index (χ4v) is 6.05. The molecule has 3 aliphatic rings. The maximum absolute atomic E-state index is 14.2. The minimum atomic E-state index is -0.436. The van der Waals surface area contributed by atoms with E-state index in [9.17, 15) is 14.3 Å². The molecule has 35 heavy (non-hydrogen) atoms. The van der Waals surface area contributed by atoms with Crippen molar-refractivity contribution in [1.29, 1.82) is 0 Å². The molecule has 5 heterocycles. The van der Waals surface area contributed by atoms with Crippen molar-refractivity contribution in [3.05, 3.63) is 58.3 Å². The Morgan fingerprint density at radius 2 is 2.06 bits per heavy atom. The van der Waals surface area contributed by atoms with Crippen molar-refractivity contribution >= 4 is 23.2 Å². The number of ether oxygens (including phenoxy) is 1. The highest BCUT2D eigenvalue weighted by Crippen LogP contribution is 2.38. The van der Waals surface area contributed by atoms with Crippen molar-refractivity contribution in [3.63, 3.8) is 0 Å². The predicted molar refractivity (Wildman–Crippen MR) is 127 cm³/mol. The lowest BCUT2D eigenvalue weighted by Gasteiger charge is -2.39. The second kappa shape index (κ2) is 8.72. The first-order chi connectivity index (χ1) is 16.9. The van der Waals surface area contributed by atoms with Crippen LogP contribution in [0.5, 0.6) is 5.75 Å². The van der Waals surface area contributed by atoms with Gasteiger partial charge in [-0.3, -0.25) is 9.69 Å². The van der Waals surface area contributed by atoms with Gasteiger partial charge in [0.15, 0.2) is 5.65 Å². The Bertz CT molecular complexity index is 1280. The number of benzene rings is 1. The minimum Gasteiger partial charge on any atom is -0.489 e. The summed E-state index contributed by atoms with van der Waals surface area (Å²) in [5.41, 5.74) is 2.69. The maximum Gasteiger partial charge on any atom is 0.258 e. The van der Waals surface area contributed by atoms with Crippen LogP contribution in [0.1, 0.15) is 54.2 Å². The standard InChI is InChI=1S/C25H27ClFN5O3/c1-14(33)10-31-17-3-4-18(31)8-19(7-17)35-23-6-16(27)2-5-20(23)25(34)30-12-21-22(13-30)29-32-11-15(26)9-28-24(21)32/h2,5-6,9,11,14,17-19,33H,3-4,7-8,10,12-13H2,1H3. The number of aliphatic hydroxyl groups is 1. The van der Waals surface area contributed by atoms with E-state index in [1.807, 2.05) is 6.92 Å². The Balaban J connectivity index is 1.20. The van der Waals surface area contributed by atoms with Gasteiger partial charge in [-0.15, -0.1) is 0 Å². The van der Waals surface area contributed by atoms with Gasteiger partial charge in [-0.2, -0.15) is 5.10 Å². The van der Waals surface area contributed by atoms with Crippen LogP contribution in [0.25, 0.3) is 5.65 Å². The molecule has 2 saturated heterocycles. The molecule has 3 aromatic rings. The third-order valence-corrected chi connectivity index (χ3v) is 7.58. The zero-order chi connectivity index (χ0) is 24.3. The van der Waals surface area contributed by atoms with Gasteiger partial charge < -0.3 is 14.7 Å². The van der Waals surface area contributed by atoms with Gasteiger partial charge in [-0.1, -0.05) is 11.6 Å². The van der Waals surface area contributed by atoms with Gasteiger partial charge >= 0.3 is 0 Å². The molecule has 1 aromatic carbocycles. The van der Waals surface area contributed by atoms with Crippen molar-refractivity contribution in [2.24, 2.45) is 0 Å². The van der Waals surface area contributed by atoms with Crippen molar-refractivity contribution in [1.82, 2.24) is 24.4 Å². The molecular weight excluding hydrogens is 473 g/mol. The Morgan fingerprint density at radius 1 is 1.29 bits per heavy atom. The lowest BCUT2D eigenvalue weighted by Crippen LogP contribution is -2.48. The summed E-state index contributed by atoms with van der Waals surface area (Å²) < 4.78 is 22.2. The molecule has 0 saturated carbocycles. The van der Waals surface area contributed by atoms with Gasteiger partial charge in [0.25, 0.3) is 5.91 Å². The minimum absolute atomic E-state index is 0.0972. The zero-order valence-corrected chi connectivity index (χ0v) is 20.2. The van der Waals surface area contributed by atoms with E-state index in [1.54, 1.807) is 21.8 Å². The molecule has 8 nitrogen and oxygen atoms in total. The van der Waals surface area contributed by atoms with Crippen LogP contribution in [0.2, 0.25) is 5.02 Å². The van der Waals surface area contributed by atoms with Crippen LogP contribution >= 0.6 is 11.6 Å². The largest absolute Gasteiger partial charge is 0.489 e. The van der Waals surface area contributed by atoms with Crippen molar-refractivity contribution in [3.8, 4) is 5.75 Å². The molecule has 2 aromatic heterocycles. The van der Waals surface area contributed by atoms with Crippen LogP contribution in [-0.4, -0.2) is 66.2 Å². The summed E-state index contributed by atoms with van der Waals surface area (Å²) in [6.45, 7) is 3.18. The van der Waals surface area contributed by atoms with Gasteiger partial charge in [0.05, 0.1) is 41.7 Å². The second-order valence-corrected chi connectivity index (χ2v) is 10.3. The second-order valence-electron chi connectivity index (χ2n) is 9.91.